The SMILES string of the molecule is CC(C)OCc1cccc(NC(=O)c2ccccc2OC2CCC2)c1. The molecule has 0 spiro atoms. The van der Waals surface area contributed by atoms with Crippen molar-refractivity contribution in [1.29, 1.82) is 0 Å². The first-order chi connectivity index (χ1) is 12.1. The van der Waals surface area contributed by atoms with Crippen LogP contribution in [-0.4, -0.2) is 18.1 Å². The van der Waals surface area contributed by atoms with Crippen LogP contribution in [-0.2, 0) is 11.3 Å². The van der Waals surface area contributed by atoms with Gasteiger partial charge in [0.15, 0.2) is 0 Å². The van der Waals surface area contributed by atoms with Crippen LogP contribution in [0.1, 0.15) is 49.0 Å². The normalized spacial score (nSPS) is 14.2. The number of ether oxygens (including phenoxy) is 2. The summed E-state index contributed by atoms with van der Waals surface area (Å²) in [6.45, 7) is 4.54. The molecule has 25 heavy (non-hydrogen) atoms. The Hall–Kier alpha value is -2.33. The Morgan fingerprint density at radius 1 is 1.16 bits per heavy atom. The molecule has 0 radical (unpaired) electrons. The minimum absolute atomic E-state index is 0.156. The third kappa shape index (κ3) is 4.83. The number of anilines is 1. The lowest BCUT2D eigenvalue weighted by atomic mass is 9.96. The van der Waals surface area contributed by atoms with Crippen molar-refractivity contribution in [3.63, 3.8) is 0 Å². The van der Waals surface area contributed by atoms with Crippen molar-refractivity contribution in [2.45, 2.75) is 51.9 Å². The Labute approximate surface area is 149 Å². The average molecular weight is 339 g/mol. The van der Waals surface area contributed by atoms with E-state index in [0.29, 0.717) is 17.9 Å². The molecular formula is C21H25NO3. The van der Waals surface area contributed by atoms with Crippen LogP contribution in [0.4, 0.5) is 5.69 Å². The summed E-state index contributed by atoms with van der Waals surface area (Å²) in [4.78, 5) is 12.7. The quantitative estimate of drug-likeness (QED) is 0.788. The van der Waals surface area contributed by atoms with Crippen molar-refractivity contribution >= 4 is 11.6 Å². The molecule has 0 saturated heterocycles. The third-order valence-electron chi connectivity index (χ3n) is 4.25. The number of rotatable bonds is 7. The summed E-state index contributed by atoms with van der Waals surface area (Å²) in [7, 11) is 0. The molecule has 0 bridgehead atoms. The number of hydrogen-bond acceptors (Lipinski definition) is 3. The molecule has 4 heteroatoms. The largest absolute Gasteiger partial charge is 0.490 e. The minimum Gasteiger partial charge on any atom is -0.490 e. The van der Waals surface area contributed by atoms with Gasteiger partial charge in [0.05, 0.1) is 24.4 Å². The van der Waals surface area contributed by atoms with E-state index >= 15 is 0 Å². The van der Waals surface area contributed by atoms with Crippen LogP contribution in [0.3, 0.4) is 0 Å². The standard InChI is InChI=1S/C21H25NO3/c1-15(2)24-14-16-7-5-8-17(13-16)22-21(23)19-11-3-4-12-20(19)25-18-9-6-10-18/h3-5,7-8,11-13,15,18H,6,9-10,14H2,1-2H3,(H,22,23). The highest BCUT2D eigenvalue weighted by molar-refractivity contribution is 6.06. The van der Waals surface area contributed by atoms with Gasteiger partial charge in [-0.1, -0.05) is 24.3 Å². The number of benzene rings is 2. The molecule has 0 atom stereocenters. The number of amides is 1. The predicted molar refractivity (Wildman–Crippen MR) is 99.0 cm³/mol. The highest BCUT2D eigenvalue weighted by Gasteiger charge is 2.21. The van der Waals surface area contributed by atoms with Gasteiger partial charge in [-0.15, -0.1) is 0 Å². The Morgan fingerprint density at radius 3 is 2.68 bits per heavy atom. The van der Waals surface area contributed by atoms with E-state index in [1.807, 2.05) is 56.3 Å². The van der Waals surface area contributed by atoms with E-state index in [9.17, 15) is 4.79 Å². The molecule has 4 nitrogen and oxygen atoms in total. The molecule has 1 amide bonds. The molecule has 1 aliphatic carbocycles. The molecule has 0 heterocycles. The zero-order valence-electron chi connectivity index (χ0n) is 14.8. The van der Waals surface area contributed by atoms with Gasteiger partial charge in [-0.25, -0.2) is 0 Å². The fraction of sp³-hybridized carbons (Fsp3) is 0.381. The molecule has 1 aliphatic rings. The lowest BCUT2D eigenvalue weighted by Crippen LogP contribution is -2.26. The Morgan fingerprint density at radius 2 is 1.96 bits per heavy atom. The van der Waals surface area contributed by atoms with Crippen molar-refractivity contribution < 1.29 is 14.3 Å². The summed E-state index contributed by atoms with van der Waals surface area (Å²) in [6, 6.07) is 15.2. The van der Waals surface area contributed by atoms with Gasteiger partial charge >= 0.3 is 0 Å². The number of carbonyl (C=O) groups excluding carboxylic acids is 1. The number of carbonyl (C=O) groups is 1. The molecule has 132 valence electrons. The van der Waals surface area contributed by atoms with E-state index in [1.165, 1.54) is 6.42 Å². The van der Waals surface area contributed by atoms with Gasteiger partial charge in [-0.2, -0.15) is 0 Å². The Bertz CT molecular complexity index is 723. The molecule has 1 fully saturated rings. The number of nitrogens with one attached hydrogen (secondary N) is 1. The maximum Gasteiger partial charge on any atom is 0.259 e. The predicted octanol–water partition coefficient (Wildman–Crippen LogP) is 4.80. The monoisotopic (exact) mass is 339 g/mol. The fourth-order valence-electron chi connectivity index (χ4n) is 2.63. The van der Waals surface area contributed by atoms with Gasteiger partial charge in [-0.3, -0.25) is 4.79 Å². The summed E-state index contributed by atoms with van der Waals surface area (Å²) in [5.74, 6) is 0.501. The molecule has 0 aromatic heterocycles. The van der Waals surface area contributed by atoms with Gasteiger partial charge in [0, 0.05) is 5.69 Å². The molecule has 1 N–H and O–H groups in total. The Balaban J connectivity index is 1.69. The van der Waals surface area contributed by atoms with Crippen molar-refractivity contribution in [2.24, 2.45) is 0 Å². The number of hydrogen-bond donors (Lipinski definition) is 1. The van der Waals surface area contributed by atoms with E-state index < -0.39 is 0 Å². The maximum absolute atomic E-state index is 12.7. The summed E-state index contributed by atoms with van der Waals surface area (Å²) in [6.07, 6.45) is 3.74. The lowest BCUT2D eigenvalue weighted by Gasteiger charge is -2.27. The van der Waals surface area contributed by atoms with Crippen LogP contribution in [0.2, 0.25) is 0 Å². The summed E-state index contributed by atoms with van der Waals surface area (Å²) in [5, 5.41) is 2.96. The molecule has 2 aromatic rings. The van der Waals surface area contributed by atoms with Crippen LogP contribution < -0.4 is 10.1 Å². The molecule has 1 saturated carbocycles. The van der Waals surface area contributed by atoms with Gasteiger partial charge in [0.25, 0.3) is 5.91 Å². The summed E-state index contributed by atoms with van der Waals surface area (Å²) >= 11 is 0. The van der Waals surface area contributed by atoms with Crippen molar-refractivity contribution in [3.05, 3.63) is 59.7 Å². The highest BCUT2D eigenvalue weighted by atomic mass is 16.5. The van der Waals surface area contributed by atoms with Crippen molar-refractivity contribution in [2.75, 3.05) is 5.32 Å². The highest BCUT2D eigenvalue weighted by Crippen LogP contribution is 2.28. The van der Waals surface area contributed by atoms with E-state index in [0.717, 1.165) is 24.1 Å². The van der Waals surface area contributed by atoms with Crippen LogP contribution in [0, 0.1) is 0 Å². The molecule has 0 aliphatic heterocycles. The molecule has 3 rings (SSSR count). The maximum atomic E-state index is 12.7. The van der Waals surface area contributed by atoms with E-state index in [2.05, 4.69) is 5.32 Å². The second-order valence-electron chi connectivity index (χ2n) is 6.68. The van der Waals surface area contributed by atoms with Gasteiger partial charge in [0.2, 0.25) is 0 Å². The first kappa shape index (κ1) is 17.5. The van der Waals surface area contributed by atoms with Gasteiger partial charge in [-0.05, 0) is 62.9 Å². The van der Waals surface area contributed by atoms with Gasteiger partial charge in [0.1, 0.15) is 5.75 Å². The van der Waals surface area contributed by atoms with E-state index in [4.69, 9.17) is 9.47 Å². The Kier molecular flexibility index (Phi) is 5.71. The smallest absolute Gasteiger partial charge is 0.259 e. The number of para-hydroxylation sites is 1. The average Bonchev–Trinajstić information content (AvgIpc) is 2.57. The van der Waals surface area contributed by atoms with Crippen LogP contribution in [0.15, 0.2) is 48.5 Å². The van der Waals surface area contributed by atoms with Crippen LogP contribution in [0.5, 0.6) is 5.75 Å². The van der Waals surface area contributed by atoms with Crippen molar-refractivity contribution in [1.82, 2.24) is 0 Å². The third-order valence-corrected chi connectivity index (χ3v) is 4.25. The zero-order valence-corrected chi connectivity index (χ0v) is 14.8. The second-order valence-corrected chi connectivity index (χ2v) is 6.68. The fourth-order valence-corrected chi connectivity index (χ4v) is 2.63. The topological polar surface area (TPSA) is 47.6 Å². The first-order valence-electron chi connectivity index (χ1n) is 8.89. The summed E-state index contributed by atoms with van der Waals surface area (Å²) in [5.41, 5.74) is 2.36. The molecule has 2 aromatic carbocycles. The molecule has 0 unspecified atom stereocenters. The van der Waals surface area contributed by atoms with E-state index in [-0.39, 0.29) is 18.1 Å². The molecular weight excluding hydrogens is 314 g/mol. The van der Waals surface area contributed by atoms with Crippen LogP contribution >= 0.6 is 0 Å². The van der Waals surface area contributed by atoms with E-state index in [1.54, 1.807) is 6.07 Å². The zero-order chi connectivity index (χ0) is 17.6. The van der Waals surface area contributed by atoms with Crippen molar-refractivity contribution in [3.8, 4) is 5.75 Å². The second kappa shape index (κ2) is 8.17. The van der Waals surface area contributed by atoms with Crippen LogP contribution in [0.25, 0.3) is 0 Å². The lowest BCUT2D eigenvalue weighted by molar-refractivity contribution is 0.0657. The summed E-state index contributed by atoms with van der Waals surface area (Å²) < 4.78 is 11.6. The first-order valence-corrected chi connectivity index (χ1v) is 8.89. The minimum atomic E-state index is -0.156. The van der Waals surface area contributed by atoms with Gasteiger partial charge < -0.3 is 14.8 Å².